The molecule has 54 heavy (non-hydrogen) atoms. The molecule has 0 saturated carbocycles. The van der Waals surface area contributed by atoms with Crippen molar-refractivity contribution in [3.63, 3.8) is 0 Å². The Balaban J connectivity index is 0.836. The number of benzene rings is 2. The summed E-state index contributed by atoms with van der Waals surface area (Å²) in [7, 11) is 0. The number of aromatic nitrogens is 3. The van der Waals surface area contributed by atoms with Crippen molar-refractivity contribution in [2.24, 2.45) is 0 Å². The number of piperidine rings is 2. The van der Waals surface area contributed by atoms with Gasteiger partial charge in [0.2, 0.25) is 11.8 Å². The van der Waals surface area contributed by atoms with Crippen LogP contribution < -0.4 is 15.5 Å². The highest BCUT2D eigenvalue weighted by Gasteiger charge is 2.40. The number of morpholine rings is 1. The SMILES string of the molecule is O=C1CCC(N2Cc3cc(CCN4CCC(N5Cc6cc(NC(=O)c7cnn8cccnc78)c(N7CCOCC7)cc6C5=O)CC4)ccc3C2=O)C(=O)N1. The van der Waals surface area contributed by atoms with E-state index in [4.69, 9.17) is 4.74 Å². The van der Waals surface area contributed by atoms with Crippen molar-refractivity contribution in [3.8, 4) is 0 Å². The first-order valence-corrected chi connectivity index (χ1v) is 18.7. The molecule has 1 atom stereocenters. The summed E-state index contributed by atoms with van der Waals surface area (Å²) in [6.07, 6.45) is 8.02. The van der Waals surface area contributed by atoms with E-state index in [1.54, 1.807) is 27.9 Å². The first-order chi connectivity index (χ1) is 26.3. The van der Waals surface area contributed by atoms with Crippen molar-refractivity contribution in [2.45, 2.75) is 57.3 Å². The van der Waals surface area contributed by atoms with Gasteiger partial charge in [-0.2, -0.15) is 5.10 Å². The molecule has 0 spiro atoms. The van der Waals surface area contributed by atoms with Gasteiger partial charge in [-0.15, -0.1) is 0 Å². The largest absolute Gasteiger partial charge is 0.378 e. The lowest BCUT2D eigenvalue weighted by Gasteiger charge is -2.36. The van der Waals surface area contributed by atoms with Crippen LogP contribution in [0.1, 0.15) is 73.4 Å². The second-order valence-corrected chi connectivity index (χ2v) is 14.7. The van der Waals surface area contributed by atoms with Gasteiger partial charge in [0.15, 0.2) is 5.65 Å². The predicted molar refractivity (Wildman–Crippen MR) is 196 cm³/mol. The average Bonchev–Trinajstić information content (AvgIpc) is 3.87. The fourth-order valence-electron chi connectivity index (χ4n) is 8.54. The van der Waals surface area contributed by atoms with Crippen LogP contribution in [0.4, 0.5) is 11.4 Å². The fraction of sp³-hybridized carbons (Fsp3) is 0.410. The van der Waals surface area contributed by atoms with Crippen molar-refractivity contribution < 1.29 is 28.7 Å². The van der Waals surface area contributed by atoms with E-state index in [0.29, 0.717) is 73.8 Å². The van der Waals surface area contributed by atoms with E-state index in [1.807, 2.05) is 29.2 Å². The number of imide groups is 1. The molecule has 2 aromatic carbocycles. The fourth-order valence-corrected chi connectivity index (χ4v) is 8.54. The maximum Gasteiger partial charge on any atom is 0.261 e. The minimum Gasteiger partial charge on any atom is -0.378 e. The van der Waals surface area contributed by atoms with E-state index in [1.165, 1.54) is 6.20 Å². The Morgan fingerprint density at radius 1 is 0.907 bits per heavy atom. The molecule has 0 bridgehead atoms. The minimum absolute atomic E-state index is 0.0294. The number of fused-ring (bicyclic) bond motifs is 3. The van der Waals surface area contributed by atoms with Crippen LogP contribution in [0.5, 0.6) is 0 Å². The topological polar surface area (TPSA) is 162 Å². The van der Waals surface area contributed by atoms with Crippen molar-refractivity contribution in [1.29, 1.82) is 0 Å². The molecule has 1 unspecified atom stereocenters. The smallest absolute Gasteiger partial charge is 0.261 e. The minimum atomic E-state index is -0.621. The Bertz CT molecular complexity index is 2190. The molecule has 3 saturated heterocycles. The summed E-state index contributed by atoms with van der Waals surface area (Å²) in [5, 5.41) is 9.74. The van der Waals surface area contributed by atoms with Crippen LogP contribution in [0.3, 0.4) is 0 Å². The summed E-state index contributed by atoms with van der Waals surface area (Å²) in [6.45, 7) is 5.89. The van der Waals surface area contributed by atoms with Gasteiger partial charge in [0.05, 0.1) is 30.8 Å². The van der Waals surface area contributed by atoms with Gasteiger partial charge in [-0.3, -0.25) is 29.3 Å². The number of likely N-dealkylation sites (tertiary alicyclic amines) is 1. The van der Waals surface area contributed by atoms with Crippen molar-refractivity contribution in [3.05, 3.63) is 88.4 Å². The Kier molecular flexibility index (Phi) is 8.82. The molecule has 2 aromatic heterocycles. The quantitative estimate of drug-likeness (QED) is 0.257. The Morgan fingerprint density at radius 2 is 1.69 bits per heavy atom. The zero-order chi connectivity index (χ0) is 36.9. The number of anilines is 2. The molecular weight excluding hydrogens is 690 g/mol. The molecule has 15 heteroatoms. The molecule has 7 heterocycles. The Hall–Kier alpha value is -5.67. The number of nitrogens with one attached hydrogen (secondary N) is 2. The number of nitrogens with zero attached hydrogens (tertiary/aromatic N) is 7. The van der Waals surface area contributed by atoms with Gasteiger partial charge in [-0.05, 0) is 66.6 Å². The third kappa shape index (κ3) is 6.26. The van der Waals surface area contributed by atoms with E-state index in [2.05, 4.69) is 36.6 Å². The molecule has 5 amide bonds. The summed E-state index contributed by atoms with van der Waals surface area (Å²) in [5.41, 5.74) is 6.56. The molecular formula is C39H41N9O6. The highest BCUT2D eigenvalue weighted by molar-refractivity contribution is 6.10. The molecule has 3 fully saturated rings. The summed E-state index contributed by atoms with van der Waals surface area (Å²) < 4.78 is 7.17. The van der Waals surface area contributed by atoms with Crippen molar-refractivity contribution >= 4 is 46.6 Å². The van der Waals surface area contributed by atoms with Gasteiger partial charge < -0.3 is 29.7 Å². The van der Waals surface area contributed by atoms with E-state index in [-0.39, 0.29) is 36.1 Å². The number of carbonyl (C=O) groups excluding carboxylic acids is 5. The average molecular weight is 732 g/mol. The second kappa shape index (κ2) is 14.0. The first kappa shape index (κ1) is 34.1. The Labute approximate surface area is 311 Å². The molecule has 2 N–H and O–H groups in total. The predicted octanol–water partition coefficient (Wildman–Crippen LogP) is 2.24. The molecule has 0 radical (unpaired) electrons. The zero-order valence-corrected chi connectivity index (χ0v) is 29.8. The summed E-state index contributed by atoms with van der Waals surface area (Å²) in [5.74, 6) is -1.14. The molecule has 5 aliphatic rings. The lowest BCUT2D eigenvalue weighted by Crippen LogP contribution is -2.52. The third-order valence-corrected chi connectivity index (χ3v) is 11.5. The molecule has 9 rings (SSSR count). The van der Waals surface area contributed by atoms with Crippen LogP contribution in [0.25, 0.3) is 5.65 Å². The lowest BCUT2D eigenvalue weighted by molar-refractivity contribution is -0.136. The van der Waals surface area contributed by atoms with Crippen molar-refractivity contribution in [2.75, 3.05) is 56.2 Å². The van der Waals surface area contributed by atoms with Gasteiger partial charge in [0, 0.05) is 81.8 Å². The van der Waals surface area contributed by atoms with E-state index < -0.39 is 11.9 Å². The normalized spacial score (nSPS) is 20.8. The standard InChI is InChI=1S/C39H41N9O6/c49-34-5-4-32(37(51)43-34)47-23-25-18-24(2-3-28(25)38(47)52)6-11-44-12-7-27(8-13-44)46-22-26-19-31(33(20-29(26)39(46)53)45-14-16-54-17-15-45)42-36(50)30-21-41-48-10-1-9-40-35(30)48/h1-3,9-10,18-21,27,32H,4-8,11-17,22-23H2,(H,42,50)(H,43,49,51). The van der Waals surface area contributed by atoms with Gasteiger partial charge in [-0.25, -0.2) is 9.50 Å². The number of hydrogen-bond donors (Lipinski definition) is 2. The van der Waals surface area contributed by atoms with Crippen LogP contribution >= 0.6 is 0 Å². The number of hydrogen-bond acceptors (Lipinski definition) is 10. The Morgan fingerprint density at radius 3 is 2.50 bits per heavy atom. The maximum absolute atomic E-state index is 14.0. The third-order valence-electron chi connectivity index (χ3n) is 11.5. The number of ether oxygens (including phenoxy) is 1. The van der Waals surface area contributed by atoms with Crippen LogP contribution in [0.2, 0.25) is 0 Å². The van der Waals surface area contributed by atoms with E-state index in [9.17, 15) is 24.0 Å². The zero-order valence-electron chi connectivity index (χ0n) is 29.8. The lowest BCUT2D eigenvalue weighted by atomic mass is 10.0. The van der Waals surface area contributed by atoms with Crippen LogP contribution in [-0.2, 0) is 33.8 Å². The van der Waals surface area contributed by atoms with Gasteiger partial charge in [0.25, 0.3) is 17.7 Å². The van der Waals surface area contributed by atoms with Gasteiger partial charge in [-0.1, -0.05) is 12.1 Å². The maximum atomic E-state index is 14.0. The monoisotopic (exact) mass is 731 g/mol. The molecule has 15 nitrogen and oxygen atoms in total. The van der Waals surface area contributed by atoms with Gasteiger partial charge in [0.1, 0.15) is 11.6 Å². The molecule has 5 aliphatic heterocycles. The number of carbonyl (C=O) groups is 5. The summed E-state index contributed by atoms with van der Waals surface area (Å²) >= 11 is 0. The number of amides is 5. The molecule has 0 aliphatic carbocycles. The molecule has 278 valence electrons. The summed E-state index contributed by atoms with van der Waals surface area (Å²) in [6, 6.07) is 11.1. The van der Waals surface area contributed by atoms with Crippen LogP contribution in [0, 0.1) is 0 Å². The van der Waals surface area contributed by atoms with Gasteiger partial charge >= 0.3 is 0 Å². The van der Waals surface area contributed by atoms with E-state index >= 15 is 0 Å². The second-order valence-electron chi connectivity index (χ2n) is 14.7. The van der Waals surface area contributed by atoms with Crippen molar-refractivity contribution in [1.82, 2.24) is 34.6 Å². The van der Waals surface area contributed by atoms with Crippen LogP contribution in [0.15, 0.2) is 55.0 Å². The highest BCUT2D eigenvalue weighted by Crippen LogP contribution is 2.37. The van der Waals surface area contributed by atoms with Crippen LogP contribution in [-0.4, -0.2) is 117 Å². The highest BCUT2D eigenvalue weighted by atomic mass is 16.5. The number of rotatable bonds is 8. The first-order valence-electron chi connectivity index (χ1n) is 18.7. The van der Waals surface area contributed by atoms with E-state index in [0.717, 1.165) is 61.3 Å². The summed E-state index contributed by atoms with van der Waals surface area (Å²) in [4.78, 5) is 77.2. The molecule has 4 aromatic rings.